The Morgan fingerprint density at radius 2 is 0.848 bits per heavy atom. The van der Waals surface area contributed by atoms with Gasteiger partial charge in [0.2, 0.25) is 17.7 Å². The maximum Gasteiger partial charge on any atom is 0.417 e. The zero-order chi connectivity index (χ0) is 65.8. The van der Waals surface area contributed by atoms with Gasteiger partial charge in [-0.25, -0.2) is 0 Å². The lowest BCUT2D eigenvalue weighted by atomic mass is 9.96. The third kappa shape index (κ3) is 17.2. The SMILES string of the molecule is C=S1(=O)CCC(C(=O)N2CCN(c3ccc(C(F)(F)F)cc3)CC2c2cccs2)CC1.C=S1(=O)CCC(C(=O)N2CCN(c3ccc(Cl)c(C(F)(F)F)c3)CC2c2ccccc2)CC1.C=S1(=O)CCC(C(=O)N2CCN(c3cccc(Cl)c3)CC2c2cccs2)CC1. The number of rotatable bonds is 9. The van der Waals surface area contributed by atoms with Crippen molar-refractivity contribution in [3.63, 3.8) is 0 Å². The Labute approximate surface area is 554 Å². The highest BCUT2D eigenvalue weighted by molar-refractivity contribution is 8.00. The first-order chi connectivity index (χ1) is 43.6. The van der Waals surface area contributed by atoms with Gasteiger partial charge in [0.15, 0.2) is 0 Å². The van der Waals surface area contributed by atoms with Crippen LogP contribution in [0.4, 0.5) is 43.4 Å². The zero-order valence-electron chi connectivity index (χ0n) is 50.8. The molecule has 25 heteroatoms. The van der Waals surface area contributed by atoms with Crippen LogP contribution in [0.3, 0.4) is 0 Å². The van der Waals surface area contributed by atoms with Gasteiger partial charge >= 0.3 is 12.4 Å². The molecule has 6 fully saturated rings. The molecule has 12 rings (SSSR count). The van der Waals surface area contributed by atoms with Crippen LogP contribution in [0.5, 0.6) is 0 Å². The second kappa shape index (κ2) is 29.1. The molecule has 0 saturated carbocycles. The molecule has 2 aromatic heterocycles. The van der Waals surface area contributed by atoms with E-state index in [2.05, 4.69) is 40.0 Å². The van der Waals surface area contributed by atoms with Crippen LogP contribution in [0.1, 0.15) is 83.1 Å². The van der Waals surface area contributed by atoms with Crippen LogP contribution < -0.4 is 14.7 Å². The first-order valence-corrected chi connectivity index (χ1v) is 39.4. The standard InChI is InChI=1S/C24H26ClF3N2O2S.C22H25F3N2O2S2.C21H25ClN2O2S2/c1-33(32)13-9-18(10-14-33)23(31)30-12-11-29(16-22(30)17-5-3-2-4-6-17)19-7-8-21(25)20(15-19)24(26,27)28;1-31(29)13-8-16(9-14-31)21(28)27-11-10-26(15-19(27)20-3-2-12-30-20)18-6-4-17(5-7-18)22(23,24)25;1-28(26)12-7-16(8-13-28)21(25)24-10-9-23(18-5-2-4-17(22)14-18)15-19(24)20-6-3-11-27-20/h2-8,15,18,22H,1,9-14,16H2;2-7,12,16,19H,1,8-11,13-15H2;2-6,11,14,16,19H,1,7-10,12-13,15H2. The molecule has 0 radical (unpaired) electrons. The lowest BCUT2D eigenvalue weighted by Crippen LogP contribution is -2.53. The van der Waals surface area contributed by atoms with E-state index in [4.69, 9.17) is 23.2 Å². The molecule has 6 aromatic rings. The number of carbonyl (C=O) groups excluding carboxylic acids is 3. The van der Waals surface area contributed by atoms with Crippen LogP contribution in [-0.4, -0.2) is 156 Å². The molecule has 3 unspecified atom stereocenters. The van der Waals surface area contributed by atoms with E-state index in [1.165, 1.54) is 23.1 Å². The summed E-state index contributed by atoms with van der Waals surface area (Å²) in [6, 6.07) is 34.2. The van der Waals surface area contributed by atoms with E-state index >= 15 is 0 Å². The van der Waals surface area contributed by atoms with Crippen LogP contribution in [0.25, 0.3) is 0 Å². The van der Waals surface area contributed by atoms with Crippen molar-refractivity contribution < 1.29 is 53.4 Å². The van der Waals surface area contributed by atoms with Gasteiger partial charge in [-0.2, -0.15) is 26.3 Å². The minimum absolute atomic E-state index is 0.0190. The van der Waals surface area contributed by atoms with E-state index < -0.39 is 52.0 Å². The molecule has 496 valence electrons. The fourth-order valence-electron chi connectivity index (χ4n) is 13.0. The molecule has 8 heterocycles. The Hall–Kier alpha value is -5.69. The average Bonchev–Trinajstić information content (AvgIpc) is 1.16. The number of halogens is 8. The lowest BCUT2D eigenvalue weighted by Gasteiger charge is -2.44. The van der Waals surface area contributed by atoms with Crippen molar-refractivity contribution in [2.45, 2.75) is 69.0 Å². The Morgan fingerprint density at radius 1 is 0.446 bits per heavy atom. The quantitative estimate of drug-likeness (QED) is 0.103. The number of alkyl halides is 6. The minimum atomic E-state index is -4.54. The summed E-state index contributed by atoms with van der Waals surface area (Å²) in [6.45, 7) is 4.97. The fraction of sp³-hybridized carbons (Fsp3) is 0.433. The van der Waals surface area contributed by atoms with Gasteiger partial charge in [-0.3, -0.25) is 27.0 Å². The molecule has 4 aromatic carbocycles. The van der Waals surface area contributed by atoms with Crippen molar-refractivity contribution >= 4 is 127 Å². The molecule has 12 nitrogen and oxygen atoms in total. The van der Waals surface area contributed by atoms with Gasteiger partial charge in [0.25, 0.3) is 0 Å². The van der Waals surface area contributed by atoms with Crippen LogP contribution >= 0.6 is 45.9 Å². The highest BCUT2D eigenvalue weighted by atomic mass is 35.5. The normalized spacial score (nSPS) is 27.3. The van der Waals surface area contributed by atoms with Crippen molar-refractivity contribution in [1.82, 2.24) is 14.7 Å². The molecule has 6 aliphatic heterocycles. The third-order valence-corrected chi connectivity index (χ3v) is 26.7. The Morgan fingerprint density at radius 3 is 1.25 bits per heavy atom. The van der Waals surface area contributed by atoms with E-state index in [1.807, 2.05) is 96.6 Å². The zero-order valence-corrected chi connectivity index (χ0v) is 56.4. The molecule has 3 atom stereocenters. The van der Waals surface area contributed by atoms with Crippen molar-refractivity contribution in [2.24, 2.45) is 17.8 Å². The van der Waals surface area contributed by atoms with Gasteiger partial charge in [-0.15, -0.1) is 22.7 Å². The number of amides is 3. The summed E-state index contributed by atoms with van der Waals surface area (Å²) in [6.07, 6.45) is -5.24. The Kier molecular flexibility index (Phi) is 21.9. The average molecular weight is 1410 g/mol. The molecule has 0 aliphatic carbocycles. The molecule has 0 N–H and O–H groups in total. The smallest absolute Gasteiger partial charge is 0.367 e. The van der Waals surface area contributed by atoms with Gasteiger partial charge in [0.1, 0.15) is 0 Å². The maximum atomic E-state index is 13.4. The van der Waals surface area contributed by atoms with Crippen molar-refractivity contribution in [3.05, 3.63) is 169 Å². The molecular formula is C67H76Cl2F6N6O6S5. The monoisotopic (exact) mass is 1400 g/mol. The number of carbonyl (C=O) groups is 3. The van der Waals surface area contributed by atoms with Gasteiger partial charge in [0.05, 0.1) is 34.3 Å². The van der Waals surface area contributed by atoms with Gasteiger partial charge in [-0.1, -0.05) is 71.7 Å². The summed E-state index contributed by atoms with van der Waals surface area (Å²) < 4.78 is 115. The first-order valence-electron chi connectivity index (χ1n) is 30.7. The second-order valence-corrected chi connectivity index (χ2v) is 35.6. The molecule has 0 spiro atoms. The predicted octanol–water partition coefficient (Wildman–Crippen LogP) is 13.1. The Balaban J connectivity index is 0.000000152. The summed E-state index contributed by atoms with van der Waals surface area (Å²) in [7, 11) is -6.12. The van der Waals surface area contributed by atoms with Crippen LogP contribution in [-0.2, 0) is 55.3 Å². The highest BCUT2D eigenvalue weighted by Gasteiger charge is 2.42. The largest absolute Gasteiger partial charge is 0.417 e. The van der Waals surface area contributed by atoms with Crippen molar-refractivity contribution in [3.8, 4) is 0 Å². The molecular weight excluding hydrogens is 1330 g/mol. The van der Waals surface area contributed by atoms with E-state index in [9.17, 15) is 53.4 Å². The summed E-state index contributed by atoms with van der Waals surface area (Å²) in [5.74, 6) is 14.3. The summed E-state index contributed by atoms with van der Waals surface area (Å²) in [5.41, 5.74) is 1.63. The number of benzene rings is 4. The number of hydrogen-bond donors (Lipinski definition) is 0. The van der Waals surface area contributed by atoms with Gasteiger partial charge in [-0.05, 0) is 174 Å². The molecule has 0 bridgehead atoms. The van der Waals surface area contributed by atoms with E-state index in [0.29, 0.717) is 125 Å². The number of thiophene rings is 2. The Bertz CT molecular complexity index is 3840. The lowest BCUT2D eigenvalue weighted by molar-refractivity contribution is -0.139. The second-order valence-electron chi connectivity index (χ2n) is 24.6. The number of anilines is 3. The topological polar surface area (TPSA) is 122 Å². The van der Waals surface area contributed by atoms with E-state index in [-0.39, 0.29) is 58.6 Å². The number of piperazine rings is 3. The van der Waals surface area contributed by atoms with E-state index in [1.54, 1.807) is 28.7 Å². The summed E-state index contributed by atoms with van der Waals surface area (Å²) in [4.78, 5) is 54.4. The fourth-order valence-corrected chi connectivity index (χ4v) is 20.0. The third-order valence-electron chi connectivity index (χ3n) is 18.3. The summed E-state index contributed by atoms with van der Waals surface area (Å²) in [5, 5.41) is 4.42. The van der Waals surface area contributed by atoms with Crippen molar-refractivity contribution in [1.29, 1.82) is 0 Å². The molecule has 6 saturated heterocycles. The van der Waals surface area contributed by atoms with Crippen molar-refractivity contribution in [2.75, 3.05) is 108 Å². The van der Waals surface area contributed by atoms with Gasteiger partial charge in [0, 0.05) is 143 Å². The maximum absolute atomic E-state index is 13.4. The molecule has 3 amide bonds. The van der Waals surface area contributed by atoms with Crippen LogP contribution in [0.2, 0.25) is 10.0 Å². The minimum Gasteiger partial charge on any atom is -0.367 e. The number of hydrogen-bond acceptors (Lipinski definition) is 11. The predicted molar refractivity (Wildman–Crippen MR) is 368 cm³/mol. The van der Waals surface area contributed by atoms with Crippen LogP contribution in [0, 0.1) is 17.8 Å². The van der Waals surface area contributed by atoms with E-state index in [0.717, 1.165) is 58.1 Å². The number of nitrogens with zero attached hydrogens (tertiary/aromatic N) is 6. The molecule has 92 heavy (non-hydrogen) atoms. The summed E-state index contributed by atoms with van der Waals surface area (Å²) >= 11 is 15.3. The first kappa shape index (κ1) is 69.1. The van der Waals surface area contributed by atoms with Crippen LogP contribution in [0.15, 0.2) is 132 Å². The highest BCUT2D eigenvalue weighted by Crippen LogP contribution is 2.41. The molecule has 6 aliphatic rings. The van der Waals surface area contributed by atoms with Gasteiger partial charge < -0.3 is 29.4 Å².